The van der Waals surface area contributed by atoms with Gasteiger partial charge in [0, 0.05) is 12.1 Å². The fourth-order valence-corrected chi connectivity index (χ4v) is 1.81. The second-order valence-corrected chi connectivity index (χ2v) is 3.76. The summed E-state index contributed by atoms with van der Waals surface area (Å²) in [5.74, 6) is 0.795. The minimum absolute atomic E-state index is 0.253. The van der Waals surface area contributed by atoms with Gasteiger partial charge in [-0.15, -0.1) is 0 Å². The average molecular weight is 157 g/mol. The van der Waals surface area contributed by atoms with E-state index in [2.05, 4.69) is 12.2 Å². The molecule has 0 aromatic heterocycles. The summed E-state index contributed by atoms with van der Waals surface area (Å²) in [6, 6.07) is 0.915. The number of hydrogen-bond acceptors (Lipinski definition) is 2. The standard InChI is InChI=1S/C9H19NO/c1-7-4-3-5-9(7)10-8(2)6-11/h7-11H,3-6H2,1-2H3/t7-,8+,9-/m0/s1. The number of aliphatic hydroxyl groups excluding tert-OH is 1. The van der Waals surface area contributed by atoms with E-state index in [0.29, 0.717) is 6.04 Å². The van der Waals surface area contributed by atoms with E-state index in [1.807, 2.05) is 6.92 Å². The van der Waals surface area contributed by atoms with Gasteiger partial charge in [0.15, 0.2) is 0 Å². The summed E-state index contributed by atoms with van der Waals surface area (Å²) in [5.41, 5.74) is 0. The van der Waals surface area contributed by atoms with Gasteiger partial charge in [-0.2, -0.15) is 0 Å². The Morgan fingerprint density at radius 1 is 1.55 bits per heavy atom. The van der Waals surface area contributed by atoms with Crippen molar-refractivity contribution in [3.05, 3.63) is 0 Å². The van der Waals surface area contributed by atoms with Crippen molar-refractivity contribution >= 4 is 0 Å². The van der Waals surface area contributed by atoms with Crippen LogP contribution < -0.4 is 5.32 Å². The van der Waals surface area contributed by atoms with E-state index < -0.39 is 0 Å². The molecule has 1 rings (SSSR count). The van der Waals surface area contributed by atoms with Crippen molar-refractivity contribution in [3.63, 3.8) is 0 Å². The molecule has 1 aliphatic carbocycles. The number of rotatable bonds is 3. The van der Waals surface area contributed by atoms with Crippen LogP contribution in [-0.2, 0) is 0 Å². The normalized spacial score (nSPS) is 34.1. The molecule has 0 unspecified atom stereocenters. The van der Waals surface area contributed by atoms with Crippen LogP contribution in [0.1, 0.15) is 33.1 Å². The molecule has 1 fully saturated rings. The summed E-state index contributed by atoms with van der Waals surface area (Å²) in [4.78, 5) is 0. The Labute approximate surface area is 69.0 Å². The topological polar surface area (TPSA) is 32.3 Å². The monoisotopic (exact) mass is 157 g/mol. The highest BCUT2D eigenvalue weighted by molar-refractivity contribution is 4.81. The summed E-state index contributed by atoms with van der Waals surface area (Å²) in [7, 11) is 0. The lowest BCUT2D eigenvalue weighted by atomic mass is 10.1. The van der Waals surface area contributed by atoms with Crippen LogP contribution in [0.3, 0.4) is 0 Å². The van der Waals surface area contributed by atoms with E-state index in [9.17, 15) is 0 Å². The first-order valence-corrected chi connectivity index (χ1v) is 4.61. The number of nitrogens with one attached hydrogen (secondary N) is 1. The van der Waals surface area contributed by atoms with Crippen LogP contribution in [0.4, 0.5) is 0 Å². The average Bonchev–Trinajstić information content (AvgIpc) is 2.37. The predicted octanol–water partition coefficient (Wildman–Crippen LogP) is 1.15. The maximum absolute atomic E-state index is 8.82. The van der Waals surface area contributed by atoms with E-state index in [0.717, 1.165) is 5.92 Å². The summed E-state index contributed by atoms with van der Waals surface area (Å²) >= 11 is 0. The quantitative estimate of drug-likeness (QED) is 0.644. The highest BCUT2D eigenvalue weighted by Gasteiger charge is 2.23. The molecule has 2 heteroatoms. The first kappa shape index (κ1) is 9.01. The fourth-order valence-electron chi connectivity index (χ4n) is 1.81. The maximum atomic E-state index is 8.82. The molecule has 0 radical (unpaired) electrons. The van der Waals surface area contributed by atoms with Gasteiger partial charge in [0.1, 0.15) is 0 Å². The third-order valence-corrected chi connectivity index (χ3v) is 2.63. The molecule has 0 aliphatic heterocycles. The molecule has 0 amide bonds. The van der Waals surface area contributed by atoms with Gasteiger partial charge in [-0.1, -0.05) is 13.3 Å². The van der Waals surface area contributed by atoms with Gasteiger partial charge in [0.05, 0.1) is 6.61 Å². The smallest absolute Gasteiger partial charge is 0.0582 e. The zero-order valence-electron chi connectivity index (χ0n) is 7.51. The van der Waals surface area contributed by atoms with Crippen LogP contribution in [0.2, 0.25) is 0 Å². The van der Waals surface area contributed by atoms with E-state index in [1.165, 1.54) is 19.3 Å². The molecule has 2 nitrogen and oxygen atoms in total. The Morgan fingerprint density at radius 3 is 2.73 bits per heavy atom. The number of hydrogen-bond donors (Lipinski definition) is 2. The Bertz CT molecular complexity index is 116. The molecule has 0 spiro atoms. The zero-order chi connectivity index (χ0) is 8.27. The van der Waals surface area contributed by atoms with Crippen LogP contribution in [-0.4, -0.2) is 23.8 Å². The lowest BCUT2D eigenvalue weighted by Gasteiger charge is -2.21. The van der Waals surface area contributed by atoms with Crippen LogP contribution in [0, 0.1) is 5.92 Å². The molecule has 2 N–H and O–H groups in total. The van der Waals surface area contributed by atoms with Gasteiger partial charge in [-0.05, 0) is 25.7 Å². The third kappa shape index (κ3) is 2.46. The minimum atomic E-state index is 0.253. The lowest BCUT2D eigenvalue weighted by Crippen LogP contribution is -2.39. The Morgan fingerprint density at radius 2 is 2.27 bits per heavy atom. The third-order valence-electron chi connectivity index (χ3n) is 2.63. The number of aliphatic hydroxyl groups is 1. The second-order valence-electron chi connectivity index (χ2n) is 3.76. The van der Waals surface area contributed by atoms with Gasteiger partial charge in [0.2, 0.25) is 0 Å². The molecular weight excluding hydrogens is 138 g/mol. The van der Waals surface area contributed by atoms with Crippen molar-refractivity contribution in [1.82, 2.24) is 5.32 Å². The Kier molecular flexibility index (Phi) is 3.34. The van der Waals surface area contributed by atoms with Crippen molar-refractivity contribution in [1.29, 1.82) is 0 Å². The van der Waals surface area contributed by atoms with Gasteiger partial charge >= 0.3 is 0 Å². The van der Waals surface area contributed by atoms with Gasteiger partial charge in [0.25, 0.3) is 0 Å². The molecule has 0 saturated heterocycles. The Balaban J connectivity index is 2.24. The summed E-state index contributed by atoms with van der Waals surface area (Å²) < 4.78 is 0. The summed E-state index contributed by atoms with van der Waals surface area (Å²) in [6.45, 7) is 4.57. The molecule has 11 heavy (non-hydrogen) atoms. The molecule has 0 aromatic rings. The second kappa shape index (κ2) is 4.07. The van der Waals surface area contributed by atoms with Crippen LogP contribution in [0.5, 0.6) is 0 Å². The highest BCUT2D eigenvalue weighted by atomic mass is 16.3. The fraction of sp³-hybridized carbons (Fsp3) is 1.00. The van der Waals surface area contributed by atoms with E-state index in [1.54, 1.807) is 0 Å². The molecule has 0 heterocycles. The molecule has 1 saturated carbocycles. The molecule has 3 atom stereocenters. The molecule has 0 aromatic carbocycles. The first-order valence-electron chi connectivity index (χ1n) is 4.61. The largest absolute Gasteiger partial charge is 0.395 e. The molecule has 0 bridgehead atoms. The van der Waals surface area contributed by atoms with E-state index in [-0.39, 0.29) is 12.6 Å². The van der Waals surface area contributed by atoms with Crippen molar-refractivity contribution in [3.8, 4) is 0 Å². The summed E-state index contributed by atoms with van der Waals surface area (Å²) in [6.07, 6.45) is 3.97. The van der Waals surface area contributed by atoms with Gasteiger partial charge in [-0.25, -0.2) is 0 Å². The molecule has 66 valence electrons. The van der Waals surface area contributed by atoms with E-state index in [4.69, 9.17) is 5.11 Å². The maximum Gasteiger partial charge on any atom is 0.0582 e. The Hall–Kier alpha value is -0.0800. The summed E-state index contributed by atoms with van der Waals surface area (Å²) in [5, 5.41) is 12.2. The van der Waals surface area contributed by atoms with Crippen LogP contribution >= 0.6 is 0 Å². The van der Waals surface area contributed by atoms with Crippen molar-refractivity contribution in [2.24, 2.45) is 5.92 Å². The SMILES string of the molecule is C[C@H](CO)N[C@H]1CCC[C@@H]1C. The van der Waals surface area contributed by atoms with Crippen molar-refractivity contribution in [2.75, 3.05) is 6.61 Å². The van der Waals surface area contributed by atoms with E-state index >= 15 is 0 Å². The molecule has 1 aliphatic rings. The molecular formula is C9H19NO. The van der Waals surface area contributed by atoms with Crippen LogP contribution in [0.15, 0.2) is 0 Å². The van der Waals surface area contributed by atoms with Gasteiger partial charge in [-0.3, -0.25) is 0 Å². The van der Waals surface area contributed by atoms with Crippen molar-refractivity contribution in [2.45, 2.75) is 45.2 Å². The van der Waals surface area contributed by atoms with Crippen LogP contribution in [0.25, 0.3) is 0 Å². The predicted molar refractivity (Wildman–Crippen MR) is 46.5 cm³/mol. The zero-order valence-corrected chi connectivity index (χ0v) is 7.51. The first-order chi connectivity index (χ1) is 5.24. The minimum Gasteiger partial charge on any atom is -0.395 e. The highest BCUT2D eigenvalue weighted by Crippen LogP contribution is 2.24. The van der Waals surface area contributed by atoms with Gasteiger partial charge < -0.3 is 10.4 Å². The van der Waals surface area contributed by atoms with Crippen molar-refractivity contribution < 1.29 is 5.11 Å². The lowest BCUT2D eigenvalue weighted by molar-refractivity contribution is 0.232.